The minimum Gasteiger partial charge on any atom is -0.492 e. The fraction of sp³-hybridized carbons (Fsp3) is 0.176. The van der Waals surface area contributed by atoms with Gasteiger partial charge in [-0.3, -0.25) is 14.5 Å². The summed E-state index contributed by atoms with van der Waals surface area (Å²) in [5.41, 5.74) is 0. The molecule has 0 spiro atoms. The standard InChI is InChI=1S/C17H14ClNO3S2/c1-11-2-7-14(23-11)10-15-16(20)19(17(21)24-15)8-9-22-13-5-3-12(18)4-6-13/h2-7,10H,8-9H2,1H3/b15-10-. The molecule has 0 aliphatic carbocycles. The van der Waals surface area contributed by atoms with Crippen LogP contribution < -0.4 is 4.74 Å². The van der Waals surface area contributed by atoms with Gasteiger partial charge in [0.25, 0.3) is 11.1 Å². The summed E-state index contributed by atoms with van der Waals surface area (Å²) in [5.74, 6) is 0.381. The fourth-order valence-corrected chi connectivity index (χ4v) is 4.02. The van der Waals surface area contributed by atoms with Gasteiger partial charge in [-0.2, -0.15) is 0 Å². The van der Waals surface area contributed by atoms with E-state index in [0.29, 0.717) is 15.7 Å². The van der Waals surface area contributed by atoms with Crippen molar-refractivity contribution >= 4 is 51.9 Å². The van der Waals surface area contributed by atoms with Crippen LogP contribution in [0.3, 0.4) is 0 Å². The van der Waals surface area contributed by atoms with Gasteiger partial charge >= 0.3 is 0 Å². The highest BCUT2D eigenvalue weighted by molar-refractivity contribution is 8.18. The van der Waals surface area contributed by atoms with E-state index in [2.05, 4.69) is 0 Å². The maximum Gasteiger partial charge on any atom is 0.293 e. The molecule has 0 saturated carbocycles. The lowest BCUT2D eigenvalue weighted by Crippen LogP contribution is -2.32. The van der Waals surface area contributed by atoms with Crippen molar-refractivity contribution in [3.05, 3.63) is 56.1 Å². The van der Waals surface area contributed by atoms with Crippen LogP contribution in [0.25, 0.3) is 6.08 Å². The highest BCUT2D eigenvalue weighted by Crippen LogP contribution is 2.33. The second-order valence-corrected chi connectivity index (χ2v) is 7.83. The average Bonchev–Trinajstić information content (AvgIpc) is 3.07. The summed E-state index contributed by atoms with van der Waals surface area (Å²) >= 11 is 8.36. The average molecular weight is 380 g/mol. The van der Waals surface area contributed by atoms with Crippen LogP contribution in [0.4, 0.5) is 4.79 Å². The zero-order valence-electron chi connectivity index (χ0n) is 12.8. The Balaban J connectivity index is 1.60. The van der Waals surface area contributed by atoms with Crippen molar-refractivity contribution in [2.45, 2.75) is 6.92 Å². The Morgan fingerprint density at radius 3 is 2.58 bits per heavy atom. The van der Waals surface area contributed by atoms with Crippen LogP contribution in [0.5, 0.6) is 5.75 Å². The Hall–Kier alpha value is -1.76. The van der Waals surface area contributed by atoms with Crippen LogP contribution in [0.2, 0.25) is 5.02 Å². The number of nitrogens with zero attached hydrogens (tertiary/aromatic N) is 1. The summed E-state index contributed by atoms with van der Waals surface area (Å²) in [6, 6.07) is 10.9. The molecule has 124 valence electrons. The van der Waals surface area contributed by atoms with Crippen molar-refractivity contribution < 1.29 is 14.3 Å². The van der Waals surface area contributed by atoms with E-state index in [1.165, 1.54) is 4.90 Å². The number of hydrogen-bond donors (Lipinski definition) is 0. The van der Waals surface area contributed by atoms with E-state index in [0.717, 1.165) is 21.5 Å². The van der Waals surface area contributed by atoms with Crippen LogP contribution in [0, 0.1) is 6.92 Å². The van der Waals surface area contributed by atoms with Crippen molar-refractivity contribution in [3.8, 4) is 5.75 Å². The van der Waals surface area contributed by atoms with Gasteiger partial charge < -0.3 is 4.74 Å². The second-order valence-electron chi connectivity index (χ2n) is 5.08. The van der Waals surface area contributed by atoms with E-state index in [1.807, 2.05) is 19.1 Å². The number of rotatable bonds is 5. The Morgan fingerprint density at radius 2 is 1.92 bits per heavy atom. The molecular weight excluding hydrogens is 366 g/mol. The molecule has 1 fully saturated rings. The number of hydrogen-bond acceptors (Lipinski definition) is 5. The summed E-state index contributed by atoms with van der Waals surface area (Å²) in [4.78, 5) is 28.2. The first-order valence-electron chi connectivity index (χ1n) is 7.23. The molecule has 0 bridgehead atoms. The zero-order chi connectivity index (χ0) is 17.1. The molecule has 1 aliphatic rings. The van der Waals surface area contributed by atoms with Crippen LogP contribution >= 0.6 is 34.7 Å². The first-order chi connectivity index (χ1) is 11.5. The minimum atomic E-state index is -0.268. The molecule has 0 N–H and O–H groups in total. The van der Waals surface area contributed by atoms with E-state index in [4.69, 9.17) is 16.3 Å². The third-order valence-electron chi connectivity index (χ3n) is 3.31. The lowest BCUT2D eigenvalue weighted by molar-refractivity contribution is -0.123. The number of imide groups is 1. The lowest BCUT2D eigenvalue weighted by atomic mass is 10.3. The van der Waals surface area contributed by atoms with Crippen molar-refractivity contribution in [1.29, 1.82) is 0 Å². The maximum absolute atomic E-state index is 12.4. The monoisotopic (exact) mass is 379 g/mol. The van der Waals surface area contributed by atoms with Gasteiger partial charge in [0.15, 0.2) is 0 Å². The van der Waals surface area contributed by atoms with Gasteiger partial charge in [-0.05, 0) is 61.2 Å². The number of thiophene rings is 1. The van der Waals surface area contributed by atoms with E-state index in [9.17, 15) is 9.59 Å². The normalized spacial score (nSPS) is 16.2. The number of aryl methyl sites for hydroxylation is 1. The highest BCUT2D eigenvalue weighted by Gasteiger charge is 2.34. The maximum atomic E-state index is 12.4. The van der Waals surface area contributed by atoms with Gasteiger partial charge in [0.05, 0.1) is 11.4 Å². The number of amides is 2. The van der Waals surface area contributed by atoms with Gasteiger partial charge in [0.1, 0.15) is 12.4 Å². The molecule has 24 heavy (non-hydrogen) atoms. The number of thioether (sulfide) groups is 1. The smallest absolute Gasteiger partial charge is 0.293 e. The zero-order valence-corrected chi connectivity index (χ0v) is 15.2. The molecule has 0 unspecified atom stereocenters. The van der Waals surface area contributed by atoms with E-state index in [1.54, 1.807) is 41.7 Å². The fourth-order valence-electron chi connectivity index (χ4n) is 2.14. The Labute approximate surface area is 153 Å². The Bertz CT molecular complexity index is 798. The number of carbonyl (C=O) groups excluding carboxylic acids is 2. The predicted octanol–water partition coefficient (Wildman–Crippen LogP) is 4.83. The molecule has 2 heterocycles. The molecule has 1 aliphatic heterocycles. The summed E-state index contributed by atoms with van der Waals surface area (Å²) in [5, 5.41) is 0.362. The van der Waals surface area contributed by atoms with Gasteiger partial charge in [-0.15, -0.1) is 11.3 Å². The van der Waals surface area contributed by atoms with Gasteiger partial charge in [-0.25, -0.2) is 0 Å². The lowest BCUT2D eigenvalue weighted by Gasteiger charge is -2.13. The van der Waals surface area contributed by atoms with E-state index < -0.39 is 0 Å². The van der Waals surface area contributed by atoms with Crippen LogP contribution in [-0.2, 0) is 4.79 Å². The van der Waals surface area contributed by atoms with Crippen molar-refractivity contribution in [2.24, 2.45) is 0 Å². The molecule has 2 aromatic rings. The van der Waals surface area contributed by atoms with Crippen LogP contribution in [0.15, 0.2) is 41.3 Å². The third kappa shape index (κ3) is 4.01. The van der Waals surface area contributed by atoms with E-state index >= 15 is 0 Å². The molecule has 4 nitrogen and oxygen atoms in total. The van der Waals surface area contributed by atoms with Crippen LogP contribution in [0.1, 0.15) is 9.75 Å². The van der Waals surface area contributed by atoms with E-state index in [-0.39, 0.29) is 24.3 Å². The molecule has 1 saturated heterocycles. The molecule has 3 rings (SSSR count). The molecular formula is C17H14ClNO3S2. The molecule has 1 aromatic heterocycles. The summed E-state index contributed by atoms with van der Waals surface area (Å²) in [6.07, 6.45) is 1.77. The third-order valence-corrected chi connectivity index (χ3v) is 5.41. The first kappa shape index (κ1) is 17.1. The van der Waals surface area contributed by atoms with Gasteiger partial charge in [0.2, 0.25) is 0 Å². The molecule has 0 atom stereocenters. The van der Waals surface area contributed by atoms with Crippen molar-refractivity contribution in [2.75, 3.05) is 13.2 Å². The molecule has 1 aromatic carbocycles. The second kappa shape index (κ2) is 7.42. The molecule has 2 amide bonds. The van der Waals surface area contributed by atoms with Crippen LogP contribution in [-0.4, -0.2) is 29.2 Å². The number of carbonyl (C=O) groups is 2. The number of benzene rings is 1. The summed E-state index contributed by atoms with van der Waals surface area (Å²) in [6.45, 7) is 2.46. The van der Waals surface area contributed by atoms with Crippen molar-refractivity contribution in [1.82, 2.24) is 4.90 Å². The summed E-state index contributed by atoms with van der Waals surface area (Å²) in [7, 11) is 0. The van der Waals surface area contributed by atoms with Crippen molar-refractivity contribution in [3.63, 3.8) is 0 Å². The first-order valence-corrected chi connectivity index (χ1v) is 9.24. The highest BCUT2D eigenvalue weighted by atomic mass is 35.5. The largest absolute Gasteiger partial charge is 0.492 e. The summed E-state index contributed by atoms with van der Waals surface area (Å²) < 4.78 is 5.55. The molecule has 0 radical (unpaired) electrons. The SMILES string of the molecule is Cc1ccc(/C=C2\SC(=O)N(CCOc3ccc(Cl)cc3)C2=O)s1. The quantitative estimate of drug-likeness (QED) is 0.698. The predicted molar refractivity (Wildman–Crippen MR) is 98.7 cm³/mol. The van der Waals surface area contributed by atoms with Gasteiger partial charge in [-0.1, -0.05) is 11.6 Å². The number of ether oxygens (including phenoxy) is 1. The Kier molecular flexibility index (Phi) is 5.28. The number of halogens is 1. The topological polar surface area (TPSA) is 46.6 Å². The minimum absolute atomic E-state index is 0.216. The molecule has 7 heteroatoms. The Morgan fingerprint density at radius 1 is 1.17 bits per heavy atom. The van der Waals surface area contributed by atoms with Gasteiger partial charge in [0, 0.05) is 14.8 Å².